The number of alkyl carbamates (subject to hydrolysis) is 1. The summed E-state index contributed by atoms with van der Waals surface area (Å²) in [6.07, 6.45) is 3.08. The van der Waals surface area contributed by atoms with Gasteiger partial charge in [-0.3, -0.25) is 4.79 Å². The number of carbonyl (C=O) groups is 2. The van der Waals surface area contributed by atoms with Crippen LogP contribution >= 0.6 is 0 Å². The van der Waals surface area contributed by atoms with E-state index in [9.17, 15) is 18.4 Å². The highest BCUT2D eigenvalue weighted by molar-refractivity contribution is 6.08. The van der Waals surface area contributed by atoms with E-state index in [2.05, 4.69) is 43.8 Å². The lowest BCUT2D eigenvalue weighted by Crippen LogP contribution is -2.50. The molecule has 0 spiro atoms. The number of hydrogen-bond donors (Lipinski definition) is 2. The molecule has 4 heterocycles. The minimum atomic E-state index is -1.59. The topological polar surface area (TPSA) is 124 Å². The summed E-state index contributed by atoms with van der Waals surface area (Å²) in [4.78, 5) is 38.5. The molecule has 0 radical (unpaired) electrons. The maximum atomic E-state index is 14.4. The molecule has 0 bridgehead atoms. The zero-order chi connectivity index (χ0) is 27.0. The van der Waals surface area contributed by atoms with Gasteiger partial charge in [-0.15, -0.1) is 6.58 Å². The molecular weight excluding hydrogens is 496 g/mol. The van der Waals surface area contributed by atoms with Crippen molar-refractivity contribution in [3.63, 3.8) is 0 Å². The van der Waals surface area contributed by atoms with Gasteiger partial charge in [0.15, 0.2) is 17.0 Å². The van der Waals surface area contributed by atoms with Crippen LogP contribution in [0.15, 0.2) is 55.8 Å². The van der Waals surface area contributed by atoms with Gasteiger partial charge in [-0.25, -0.2) is 33.2 Å². The molecule has 1 unspecified atom stereocenters. The maximum Gasteiger partial charge on any atom is 0.408 e. The van der Waals surface area contributed by atoms with Crippen LogP contribution in [0.4, 0.5) is 19.4 Å². The largest absolute Gasteiger partial charge is 0.453 e. The second kappa shape index (κ2) is 9.47. The molecule has 1 aromatic carbocycles. The molecule has 1 aliphatic heterocycles. The molecule has 1 aliphatic rings. The Balaban J connectivity index is 1.69. The molecule has 192 valence electrons. The summed E-state index contributed by atoms with van der Waals surface area (Å²) in [6, 6.07) is 7.43. The first kappa shape index (κ1) is 24.7. The van der Waals surface area contributed by atoms with Crippen molar-refractivity contribution in [2.75, 3.05) is 12.4 Å². The van der Waals surface area contributed by atoms with Gasteiger partial charge in [-0.05, 0) is 18.2 Å². The van der Waals surface area contributed by atoms with Crippen molar-refractivity contribution in [1.82, 2.24) is 30.0 Å². The zero-order valence-corrected chi connectivity index (χ0v) is 20.2. The molecule has 0 saturated heterocycles. The Labute approximate surface area is 215 Å². The van der Waals surface area contributed by atoms with Crippen LogP contribution in [0.1, 0.15) is 23.2 Å². The standard InChI is InChI=1S/C26H21F2N7O3/c1-4-10-26(33-25(37)38-3)19-18(5-2)30-22(31-21(19)32-24(26)36)20-16-11-15(27)12-29-23(16)35(34-20)13-14-8-6-7-9-17(14)28/h4-9,11-12H,1-2,10,13H2,3H3,(H,33,37)(H,30,31,32,36). The third-order valence-corrected chi connectivity index (χ3v) is 6.17. The lowest BCUT2D eigenvalue weighted by atomic mass is 9.87. The minimum absolute atomic E-state index is 0.0137. The van der Waals surface area contributed by atoms with Crippen molar-refractivity contribution in [2.24, 2.45) is 0 Å². The number of nitrogens with one attached hydrogen (secondary N) is 2. The number of benzene rings is 1. The second-order valence-corrected chi connectivity index (χ2v) is 8.45. The van der Waals surface area contributed by atoms with Gasteiger partial charge in [0.1, 0.15) is 23.1 Å². The number of anilines is 1. The molecule has 0 aliphatic carbocycles. The van der Waals surface area contributed by atoms with E-state index in [0.29, 0.717) is 5.56 Å². The van der Waals surface area contributed by atoms with Crippen molar-refractivity contribution in [3.8, 4) is 11.5 Å². The van der Waals surface area contributed by atoms with Crippen LogP contribution in [0, 0.1) is 11.6 Å². The third kappa shape index (κ3) is 3.95. The lowest BCUT2D eigenvalue weighted by molar-refractivity contribution is -0.121. The van der Waals surface area contributed by atoms with Gasteiger partial charge in [0.25, 0.3) is 5.91 Å². The predicted octanol–water partition coefficient (Wildman–Crippen LogP) is 3.94. The smallest absolute Gasteiger partial charge is 0.408 e. The van der Waals surface area contributed by atoms with E-state index >= 15 is 0 Å². The molecule has 10 nitrogen and oxygen atoms in total. The summed E-state index contributed by atoms with van der Waals surface area (Å²) in [5.74, 6) is -1.47. The van der Waals surface area contributed by atoms with Gasteiger partial charge >= 0.3 is 6.09 Å². The Hall–Kier alpha value is -5.00. The van der Waals surface area contributed by atoms with Crippen LogP contribution in [0.2, 0.25) is 0 Å². The summed E-state index contributed by atoms with van der Waals surface area (Å²) >= 11 is 0. The number of aromatic nitrogens is 5. The number of carbonyl (C=O) groups excluding carboxylic acids is 2. The van der Waals surface area contributed by atoms with Gasteiger partial charge in [-0.2, -0.15) is 5.10 Å². The van der Waals surface area contributed by atoms with E-state index in [1.54, 1.807) is 18.2 Å². The average molecular weight is 517 g/mol. The number of pyridine rings is 1. The van der Waals surface area contributed by atoms with Crippen LogP contribution in [-0.2, 0) is 21.6 Å². The minimum Gasteiger partial charge on any atom is -0.453 e. The third-order valence-electron chi connectivity index (χ3n) is 6.17. The van der Waals surface area contributed by atoms with Crippen LogP contribution in [0.5, 0.6) is 0 Å². The number of amides is 2. The summed E-state index contributed by atoms with van der Waals surface area (Å²) in [6.45, 7) is 7.51. The molecule has 1 atom stereocenters. The molecule has 0 fully saturated rings. The number of hydrogen-bond acceptors (Lipinski definition) is 7. The Morgan fingerprint density at radius 3 is 2.76 bits per heavy atom. The van der Waals surface area contributed by atoms with Gasteiger partial charge < -0.3 is 15.4 Å². The first-order chi connectivity index (χ1) is 18.3. The SMILES string of the molecule is C=CCC1(NC(=O)OC)C(=O)Nc2nc(-c3nn(Cc4ccccc4F)c4ncc(F)cc34)nc(C=C)c21. The van der Waals surface area contributed by atoms with Crippen LogP contribution in [0.3, 0.4) is 0 Å². The highest BCUT2D eigenvalue weighted by Gasteiger charge is 2.50. The maximum absolute atomic E-state index is 14.4. The number of nitrogens with zero attached hydrogens (tertiary/aromatic N) is 5. The molecule has 3 aromatic heterocycles. The first-order valence-electron chi connectivity index (χ1n) is 11.4. The van der Waals surface area contributed by atoms with E-state index in [1.807, 2.05) is 0 Å². The van der Waals surface area contributed by atoms with Gasteiger partial charge in [-0.1, -0.05) is 30.9 Å². The molecule has 0 saturated carbocycles. The normalized spacial score (nSPS) is 16.1. The lowest BCUT2D eigenvalue weighted by Gasteiger charge is -2.27. The Morgan fingerprint density at radius 1 is 1.26 bits per heavy atom. The van der Waals surface area contributed by atoms with E-state index in [1.165, 1.54) is 36.1 Å². The number of ether oxygens (including phenoxy) is 1. The summed E-state index contributed by atoms with van der Waals surface area (Å²) in [5, 5.41) is 10.1. The number of fused-ring (bicyclic) bond motifs is 2. The first-order valence-corrected chi connectivity index (χ1v) is 11.4. The summed E-state index contributed by atoms with van der Waals surface area (Å²) < 4.78 is 34.8. The Bertz CT molecular complexity index is 1630. The van der Waals surface area contributed by atoms with Crippen molar-refractivity contribution < 1.29 is 23.1 Å². The molecule has 2 amide bonds. The zero-order valence-electron chi connectivity index (χ0n) is 20.2. The van der Waals surface area contributed by atoms with E-state index in [4.69, 9.17) is 4.74 Å². The van der Waals surface area contributed by atoms with E-state index in [-0.39, 0.29) is 52.6 Å². The van der Waals surface area contributed by atoms with Crippen LogP contribution in [0.25, 0.3) is 28.6 Å². The highest BCUT2D eigenvalue weighted by atomic mass is 19.1. The summed E-state index contributed by atoms with van der Waals surface area (Å²) in [7, 11) is 1.18. The number of halogens is 2. The van der Waals surface area contributed by atoms with Crippen molar-refractivity contribution >= 4 is 34.9 Å². The summed E-state index contributed by atoms with van der Waals surface area (Å²) in [5.41, 5.74) is -0.302. The van der Waals surface area contributed by atoms with Crippen molar-refractivity contribution in [3.05, 3.63) is 84.2 Å². The van der Waals surface area contributed by atoms with Crippen LogP contribution in [-0.4, -0.2) is 43.8 Å². The number of rotatable bonds is 7. The monoisotopic (exact) mass is 517 g/mol. The molecule has 2 N–H and O–H groups in total. The fourth-order valence-corrected chi connectivity index (χ4v) is 4.47. The molecule has 38 heavy (non-hydrogen) atoms. The number of methoxy groups -OCH3 is 1. The Morgan fingerprint density at radius 2 is 2.05 bits per heavy atom. The molecular formula is C26H21F2N7O3. The predicted molar refractivity (Wildman–Crippen MR) is 135 cm³/mol. The molecule has 12 heteroatoms. The quantitative estimate of drug-likeness (QED) is 0.356. The average Bonchev–Trinajstić information content (AvgIpc) is 3.39. The highest BCUT2D eigenvalue weighted by Crippen LogP contribution is 2.41. The van der Waals surface area contributed by atoms with Gasteiger partial charge in [0, 0.05) is 12.0 Å². The fraction of sp³-hybridized carbons (Fsp3) is 0.154. The van der Waals surface area contributed by atoms with Crippen molar-refractivity contribution in [2.45, 2.75) is 18.5 Å². The Kier molecular flexibility index (Phi) is 6.15. The van der Waals surface area contributed by atoms with Gasteiger partial charge in [0.2, 0.25) is 0 Å². The second-order valence-electron chi connectivity index (χ2n) is 8.45. The fourth-order valence-electron chi connectivity index (χ4n) is 4.47. The molecule has 4 aromatic rings. The van der Waals surface area contributed by atoms with Gasteiger partial charge in [0.05, 0.1) is 36.5 Å². The van der Waals surface area contributed by atoms with E-state index in [0.717, 1.165) is 6.20 Å². The molecule has 5 rings (SSSR count). The van der Waals surface area contributed by atoms with Crippen molar-refractivity contribution in [1.29, 1.82) is 0 Å². The van der Waals surface area contributed by atoms with E-state index < -0.39 is 29.2 Å². The van der Waals surface area contributed by atoms with Crippen LogP contribution < -0.4 is 10.6 Å².